The molecular formula is C23H32N4O3S. The van der Waals surface area contributed by atoms with E-state index in [1.807, 2.05) is 6.07 Å². The van der Waals surface area contributed by atoms with Gasteiger partial charge in [0.2, 0.25) is 0 Å². The van der Waals surface area contributed by atoms with Crippen LogP contribution in [0, 0.1) is 0 Å². The van der Waals surface area contributed by atoms with E-state index in [9.17, 15) is 4.79 Å². The predicted octanol–water partition coefficient (Wildman–Crippen LogP) is 3.44. The molecule has 0 bridgehead atoms. The number of aliphatic imine (C=N–C) groups is 1. The standard InChI is InChI=1S/C23H32N4O3S/c1-4-24-23(25-15-17-9-10-20(29-2)18(14-17)22(28)30-3)26-16-19(21-8-7-13-31-21)27-11-5-6-12-27/h7-10,13-14,19H,4-6,11-12,15-16H2,1-3H3,(H2,24,25,26). The molecule has 0 radical (unpaired) electrons. The van der Waals surface area contributed by atoms with E-state index in [1.54, 1.807) is 23.5 Å². The fourth-order valence-electron chi connectivity index (χ4n) is 3.77. The lowest BCUT2D eigenvalue weighted by Crippen LogP contribution is -2.42. The molecule has 1 aliphatic heterocycles. The predicted molar refractivity (Wildman–Crippen MR) is 125 cm³/mol. The van der Waals surface area contributed by atoms with E-state index in [0.29, 0.717) is 23.9 Å². The first-order valence-corrected chi connectivity index (χ1v) is 11.6. The zero-order valence-corrected chi connectivity index (χ0v) is 19.3. The van der Waals surface area contributed by atoms with Crippen LogP contribution in [0.15, 0.2) is 40.7 Å². The highest BCUT2D eigenvalue weighted by Gasteiger charge is 2.24. The molecule has 31 heavy (non-hydrogen) atoms. The Hall–Kier alpha value is -2.58. The second kappa shape index (κ2) is 11.7. The zero-order valence-electron chi connectivity index (χ0n) is 18.5. The van der Waals surface area contributed by atoms with E-state index in [4.69, 9.17) is 14.5 Å². The van der Waals surface area contributed by atoms with Crippen LogP contribution in [0.25, 0.3) is 0 Å². The van der Waals surface area contributed by atoms with Crippen LogP contribution < -0.4 is 15.4 Å². The summed E-state index contributed by atoms with van der Waals surface area (Å²) >= 11 is 1.81. The third-order valence-corrected chi connectivity index (χ3v) is 6.32. The first kappa shape index (κ1) is 23.1. The minimum atomic E-state index is -0.419. The van der Waals surface area contributed by atoms with Gasteiger partial charge in [-0.25, -0.2) is 9.79 Å². The van der Waals surface area contributed by atoms with Gasteiger partial charge >= 0.3 is 5.97 Å². The maximum Gasteiger partial charge on any atom is 0.341 e. The van der Waals surface area contributed by atoms with Crippen LogP contribution in [0.3, 0.4) is 0 Å². The number of hydrogen-bond acceptors (Lipinski definition) is 6. The first-order valence-electron chi connectivity index (χ1n) is 10.7. The Balaban J connectivity index is 1.70. The minimum Gasteiger partial charge on any atom is -0.496 e. The smallest absolute Gasteiger partial charge is 0.341 e. The molecule has 1 aromatic carbocycles. The van der Waals surface area contributed by atoms with Gasteiger partial charge in [0.25, 0.3) is 0 Å². The monoisotopic (exact) mass is 444 g/mol. The number of carbonyl (C=O) groups is 1. The number of guanidine groups is 1. The van der Waals surface area contributed by atoms with Crippen LogP contribution in [-0.4, -0.2) is 57.2 Å². The molecule has 0 amide bonds. The fraction of sp³-hybridized carbons (Fsp3) is 0.478. The van der Waals surface area contributed by atoms with Crippen molar-refractivity contribution in [3.05, 3.63) is 51.7 Å². The largest absolute Gasteiger partial charge is 0.496 e. The molecule has 2 N–H and O–H groups in total. The van der Waals surface area contributed by atoms with Gasteiger partial charge in [-0.05, 0) is 62.0 Å². The highest BCUT2D eigenvalue weighted by Crippen LogP contribution is 2.28. The average molecular weight is 445 g/mol. The van der Waals surface area contributed by atoms with Crippen LogP contribution in [0.2, 0.25) is 0 Å². The second-order valence-electron chi connectivity index (χ2n) is 7.38. The van der Waals surface area contributed by atoms with E-state index < -0.39 is 5.97 Å². The summed E-state index contributed by atoms with van der Waals surface area (Å²) in [6, 6.07) is 10.1. The van der Waals surface area contributed by atoms with Crippen LogP contribution in [-0.2, 0) is 11.3 Å². The molecule has 1 aromatic heterocycles. The molecule has 1 fully saturated rings. The number of esters is 1. The van der Waals surface area contributed by atoms with E-state index in [-0.39, 0.29) is 0 Å². The van der Waals surface area contributed by atoms with Gasteiger partial charge in [0.15, 0.2) is 5.96 Å². The third-order valence-electron chi connectivity index (χ3n) is 5.35. The molecule has 0 spiro atoms. The van der Waals surface area contributed by atoms with Gasteiger partial charge in [0, 0.05) is 18.0 Å². The van der Waals surface area contributed by atoms with Gasteiger partial charge < -0.3 is 20.1 Å². The highest BCUT2D eigenvalue weighted by molar-refractivity contribution is 7.10. The molecule has 0 saturated carbocycles. The second-order valence-corrected chi connectivity index (χ2v) is 8.36. The lowest BCUT2D eigenvalue weighted by atomic mass is 10.1. The normalized spacial score (nSPS) is 15.5. The minimum absolute atomic E-state index is 0.346. The number of nitrogens with one attached hydrogen (secondary N) is 2. The summed E-state index contributed by atoms with van der Waals surface area (Å²) in [4.78, 5) is 20.7. The van der Waals surface area contributed by atoms with Gasteiger partial charge in [-0.3, -0.25) is 4.90 Å². The van der Waals surface area contributed by atoms with Crippen LogP contribution >= 0.6 is 11.3 Å². The Labute approximate surface area is 188 Å². The summed E-state index contributed by atoms with van der Waals surface area (Å²) in [5.41, 5.74) is 1.32. The van der Waals surface area contributed by atoms with E-state index in [1.165, 1.54) is 31.9 Å². The summed E-state index contributed by atoms with van der Waals surface area (Å²) in [6.07, 6.45) is 2.52. The Morgan fingerprint density at radius 3 is 2.68 bits per heavy atom. The summed E-state index contributed by atoms with van der Waals surface area (Å²) in [5.74, 6) is 0.838. The molecule has 7 nitrogen and oxygen atoms in total. The summed E-state index contributed by atoms with van der Waals surface area (Å²) in [5, 5.41) is 8.98. The van der Waals surface area contributed by atoms with Crippen molar-refractivity contribution in [1.82, 2.24) is 15.5 Å². The Kier molecular flexibility index (Phi) is 8.73. The van der Waals surface area contributed by atoms with Gasteiger partial charge in [-0.2, -0.15) is 0 Å². The van der Waals surface area contributed by atoms with E-state index >= 15 is 0 Å². The number of hydrogen-bond donors (Lipinski definition) is 2. The molecule has 1 atom stereocenters. The average Bonchev–Trinajstić information content (AvgIpc) is 3.52. The number of thiophene rings is 1. The number of carbonyl (C=O) groups excluding carboxylic acids is 1. The van der Waals surface area contributed by atoms with Gasteiger partial charge in [-0.15, -0.1) is 11.3 Å². The SMILES string of the molecule is CCNC(=NCc1ccc(OC)c(C(=O)OC)c1)NCC(c1cccs1)N1CCCC1. The van der Waals surface area contributed by atoms with Gasteiger partial charge in [-0.1, -0.05) is 12.1 Å². The Morgan fingerprint density at radius 1 is 1.23 bits per heavy atom. The van der Waals surface area contributed by atoms with E-state index in [0.717, 1.165) is 37.7 Å². The molecule has 0 aliphatic carbocycles. The summed E-state index contributed by atoms with van der Waals surface area (Å²) in [7, 11) is 2.90. The maximum atomic E-state index is 12.0. The number of nitrogens with zero attached hydrogens (tertiary/aromatic N) is 2. The molecule has 1 unspecified atom stereocenters. The number of benzene rings is 1. The molecule has 2 heterocycles. The summed E-state index contributed by atoms with van der Waals surface area (Å²) in [6.45, 7) is 6.34. The van der Waals surface area contributed by atoms with Crippen molar-refractivity contribution >= 4 is 23.3 Å². The van der Waals surface area contributed by atoms with Crippen LogP contribution in [0.5, 0.6) is 5.75 Å². The molecule has 2 aromatic rings. The third kappa shape index (κ3) is 6.21. The van der Waals surface area contributed by atoms with Crippen molar-refractivity contribution in [2.24, 2.45) is 4.99 Å². The van der Waals surface area contributed by atoms with Crippen molar-refractivity contribution in [2.45, 2.75) is 32.4 Å². The first-order chi connectivity index (χ1) is 15.2. The van der Waals surface area contributed by atoms with Crippen molar-refractivity contribution < 1.29 is 14.3 Å². The van der Waals surface area contributed by atoms with Crippen LogP contribution in [0.4, 0.5) is 0 Å². The summed E-state index contributed by atoms with van der Waals surface area (Å²) < 4.78 is 10.1. The molecular weight excluding hydrogens is 412 g/mol. The maximum absolute atomic E-state index is 12.0. The van der Waals surface area contributed by atoms with Crippen molar-refractivity contribution in [1.29, 1.82) is 0 Å². The lowest BCUT2D eigenvalue weighted by molar-refractivity contribution is 0.0597. The Bertz CT molecular complexity index is 864. The van der Waals surface area contributed by atoms with Crippen molar-refractivity contribution in [3.8, 4) is 5.75 Å². The number of rotatable bonds is 9. The molecule has 168 valence electrons. The number of likely N-dealkylation sites (tertiary alicyclic amines) is 1. The van der Waals surface area contributed by atoms with Crippen molar-refractivity contribution in [2.75, 3.05) is 40.4 Å². The molecule has 1 saturated heterocycles. The topological polar surface area (TPSA) is 75.2 Å². The quantitative estimate of drug-likeness (QED) is 0.351. The Morgan fingerprint density at radius 2 is 2.03 bits per heavy atom. The molecule has 1 aliphatic rings. The zero-order chi connectivity index (χ0) is 22.1. The lowest BCUT2D eigenvalue weighted by Gasteiger charge is -2.27. The van der Waals surface area contributed by atoms with E-state index in [2.05, 4.69) is 40.0 Å². The highest BCUT2D eigenvalue weighted by atomic mass is 32.1. The van der Waals surface area contributed by atoms with Crippen molar-refractivity contribution in [3.63, 3.8) is 0 Å². The van der Waals surface area contributed by atoms with Crippen LogP contribution in [0.1, 0.15) is 46.6 Å². The van der Waals surface area contributed by atoms with Gasteiger partial charge in [0.1, 0.15) is 11.3 Å². The molecule has 3 rings (SSSR count). The fourth-order valence-corrected chi connectivity index (χ4v) is 4.63. The number of methoxy groups -OCH3 is 2. The number of ether oxygens (including phenoxy) is 2. The van der Waals surface area contributed by atoms with Gasteiger partial charge in [0.05, 0.1) is 26.8 Å². The molecule has 8 heteroatoms.